The molecule has 0 spiro atoms. The molecule has 0 saturated carbocycles. The van der Waals surface area contributed by atoms with Gasteiger partial charge in [-0.05, 0) is 29.3 Å². The highest BCUT2D eigenvalue weighted by molar-refractivity contribution is 7.99. The summed E-state index contributed by atoms with van der Waals surface area (Å²) in [6.07, 6.45) is -1.66. The van der Waals surface area contributed by atoms with Crippen LogP contribution < -0.4 is 10.4 Å². The largest absolute Gasteiger partial charge is 0.456 e. The van der Waals surface area contributed by atoms with E-state index in [2.05, 4.69) is 51.6 Å². The summed E-state index contributed by atoms with van der Waals surface area (Å²) in [5, 5.41) is 1.95. The van der Waals surface area contributed by atoms with Crippen LogP contribution in [0.25, 0.3) is 0 Å². The van der Waals surface area contributed by atoms with Gasteiger partial charge < -0.3 is 28.1 Å². The van der Waals surface area contributed by atoms with Gasteiger partial charge in [-0.1, -0.05) is 87.5 Å². The SMILES string of the molecule is C=CCO[C@@H]1[C@@H](OC(C)=O)[C@H](SCCN2C(=O)CCC2=O)O[C@H](CO[Si](c2ccccc2)(c2ccccc2)C(C)(C)C)[C@H]1OC(C)OCC. The number of ether oxygens (including phenoxy) is 5. The number of imide groups is 1. The van der Waals surface area contributed by atoms with Crippen LogP contribution in [0.15, 0.2) is 73.3 Å². The standard InChI is InChI=1S/C37H51NO9SSi/c1-8-23-43-34-33(46-27(4)42-9-2)30(47-36(35(34)45-26(3)39)48-24-22-38-31(40)20-21-32(38)41)25-44-49(37(5,6)7,28-16-12-10-13-17-28)29-18-14-11-15-19-29/h8,10-19,27,30,33-36H,1,9,20-25H2,2-7H3/t27?,30-,33-,34+,35-,36+/m1/s1. The number of hydrogen-bond donors (Lipinski definition) is 0. The van der Waals surface area contributed by atoms with Crippen molar-refractivity contribution in [3.8, 4) is 0 Å². The van der Waals surface area contributed by atoms with E-state index in [1.807, 2.05) is 43.3 Å². The molecule has 2 saturated heterocycles. The minimum Gasteiger partial charge on any atom is -0.456 e. The normalized spacial score (nSPS) is 23.8. The second kappa shape index (κ2) is 17.9. The minimum atomic E-state index is -2.99. The second-order valence-electron chi connectivity index (χ2n) is 13.1. The van der Waals surface area contributed by atoms with Crippen LogP contribution in [0.3, 0.4) is 0 Å². The third kappa shape index (κ3) is 9.49. The van der Waals surface area contributed by atoms with Gasteiger partial charge in [-0.3, -0.25) is 19.3 Å². The van der Waals surface area contributed by atoms with E-state index in [4.69, 9.17) is 28.1 Å². The number of nitrogens with zero attached hydrogens (tertiary/aromatic N) is 1. The lowest BCUT2D eigenvalue weighted by Crippen LogP contribution is -2.68. The molecule has 1 unspecified atom stereocenters. The lowest BCUT2D eigenvalue weighted by molar-refractivity contribution is -0.273. The van der Waals surface area contributed by atoms with Crippen molar-refractivity contribution in [2.45, 2.75) is 95.6 Å². The van der Waals surface area contributed by atoms with Crippen molar-refractivity contribution in [1.29, 1.82) is 0 Å². The minimum absolute atomic E-state index is 0.137. The number of esters is 1. The summed E-state index contributed by atoms with van der Waals surface area (Å²) >= 11 is 1.36. The smallest absolute Gasteiger partial charge is 0.303 e. The molecule has 4 rings (SSSR count). The highest BCUT2D eigenvalue weighted by Gasteiger charge is 2.54. The van der Waals surface area contributed by atoms with Crippen molar-refractivity contribution >= 4 is 48.2 Å². The predicted molar refractivity (Wildman–Crippen MR) is 192 cm³/mol. The van der Waals surface area contributed by atoms with Crippen molar-refractivity contribution in [3.05, 3.63) is 73.3 Å². The fourth-order valence-corrected chi connectivity index (χ4v) is 12.3. The zero-order chi connectivity index (χ0) is 35.6. The van der Waals surface area contributed by atoms with Gasteiger partial charge in [0.1, 0.15) is 23.7 Å². The fraction of sp³-hybridized carbons (Fsp3) is 0.541. The van der Waals surface area contributed by atoms with Crippen molar-refractivity contribution < 1.29 is 42.5 Å². The summed E-state index contributed by atoms with van der Waals surface area (Å²) in [5.74, 6) is -0.505. The summed E-state index contributed by atoms with van der Waals surface area (Å²) in [6.45, 7) is 16.4. The van der Waals surface area contributed by atoms with E-state index in [1.165, 1.54) is 23.6 Å². The van der Waals surface area contributed by atoms with Crippen LogP contribution in [-0.2, 0) is 42.5 Å². The average molecular weight is 714 g/mol. The van der Waals surface area contributed by atoms with E-state index in [-0.39, 0.29) is 49.5 Å². The van der Waals surface area contributed by atoms with Gasteiger partial charge in [0.2, 0.25) is 11.8 Å². The van der Waals surface area contributed by atoms with Gasteiger partial charge in [-0.2, -0.15) is 0 Å². The van der Waals surface area contributed by atoms with Crippen molar-refractivity contribution in [2.24, 2.45) is 0 Å². The molecular formula is C37H51NO9SSi. The fourth-order valence-electron chi connectivity index (χ4n) is 6.59. The number of benzene rings is 2. The lowest BCUT2D eigenvalue weighted by atomic mass is 9.99. The van der Waals surface area contributed by atoms with E-state index in [9.17, 15) is 14.4 Å². The molecule has 268 valence electrons. The summed E-state index contributed by atoms with van der Waals surface area (Å²) in [7, 11) is -2.99. The topological polar surface area (TPSA) is 110 Å². The second-order valence-corrected chi connectivity index (χ2v) is 18.6. The van der Waals surface area contributed by atoms with E-state index < -0.39 is 50.4 Å². The Morgan fingerprint density at radius 2 is 1.61 bits per heavy atom. The summed E-state index contributed by atoms with van der Waals surface area (Å²) in [5.41, 5.74) is -0.721. The Hall–Kier alpha value is -2.84. The van der Waals surface area contributed by atoms with E-state index in [0.717, 1.165) is 10.4 Å². The number of hydrogen-bond acceptors (Lipinski definition) is 10. The van der Waals surface area contributed by atoms with Gasteiger partial charge in [-0.15, -0.1) is 18.3 Å². The van der Waals surface area contributed by atoms with Gasteiger partial charge in [-0.25, -0.2) is 0 Å². The monoisotopic (exact) mass is 713 g/mol. The molecular weight excluding hydrogens is 663 g/mol. The summed E-state index contributed by atoms with van der Waals surface area (Å²) in [4.78, 5) is 38.4. The van der Waals surface area contributed by atoms with Crippen LogP contribution in [0.5, 0.6) is 0 Å². The number of thioether (sulfide) groups is 1. The molecule has 2 aromatic rings. The molecule has 2 aliphatic heterocycles. The van der Waals surface area contributed by atoms with Crippen LogP contribution in [0.2, 0.25) is 5.04 Å². The van der Waals surface area contributed by atoms with E-state index >= 15 is 0 Å². The van der Waals surface area contributed by atoms with Crippen LogP contribution in [-0.4, -0.2) is 99.3 Å². The molecule has 10 nitrogen and oxygen atoms in total. The predicted octanol–water partition coefficient (Wildman–Crippen LogP) is 4.44. The van der Waals surface area contributed by atoms with Crippen LogP contribution in [0, 0.1) is 0 Å². The summed E-state index contributed by atoms with van der Waals surface area (Å²) < 4.78 is 38.7. The van der Waals surface area contributed by atoms with Crippen LogP contribution in [0.4, 0.5) is 0 Å². The van der Waals surface area contributed by atoms with Gasteiger partial charge >= 0.3 is 5.97 Å². The maximum Gasteiger partial charge on any atom is 0.303 e. The first kappa shape index (κ1) is 39.0. The number of rotatable bonds is 17. The maximum absolute atomic E-state index is 12.5. The Labute approximate surface area is 295 Å². The molecule has 0 aromatic heterocycles. The van der Waals surface area contributed by atoms with Crippen molar-refractivity contribution in [3.63, 3.8) is 0 Å². The highest BCUT2D eigenvalue weighted by Crippen LogP contribution is 2.39. The van der Waals surface area contributed by atoms with E-state index in [0.29, 0.717) is 12.4 Å². The van der Waals surface area contributed by atoms with Crippen LogP contribution in [0.1, 0.15) is 54.4 Å². The Morgan fingerprint density at radius 1 is 1.02 bits per heavy atom. The molecule has 6 atom stereocenters. The van der Waals surface area contributed by atoms with Crippen molar-refractivity contribution in [2.75, 3.05) is 32.1 Å². The number of amides is 2. The highest BCUT2D eigenvalue weighted by atomic mass is 32.2. The Morgan fingerprint density at radius 3 is 2.12 bits per heavy atom. The third-order valence-electron chi connectivity index (χ3n) is 8.68. The molecule has 2 heterocycles. The molecule has 0 bridgehead atoms. The molecule has 0 radical (unpaired) electrons. The number of carbonyl (C=O) groups excluding carboxylic acids is 3. The lowest BCUT2D eigenvalue weighted by Gasteiger charge is -2.48. The first-order valence-corrected chi connectivity index (χ1v) is 19.9. The molecule has 2 aromatic carbocycles. The third-order valence-corrected chi connectivity index (χ3v) is 14.8. The Kier molecular flexibility index (Phi) is 14.2. The molecule has 2 fully saturated rings. The molecule has 49 heavy (non-hydrogen) atoms. The number of likely N-dealkylation sites (tertiary alicyclic amines) is 1. The summed E-state index contributed by atoms with van der Waals surface area (Å²) in [6, 6.07) is 20.7. The maximum atomic E-state index is 12.5. The molecule has 2 amide bonds. The van der Waals surface area contributed by atoms with Gasteiger partial charge in [0.15, 0.2) is 12.4 Å². The van der Waals surface area contributed by atoms with Gasteiger partial charge in [0.05, 0.1) is 13.2 Å². The van der Waals surface area contributed by atoms with E-state index in [1.54, 1.807) is 13.0 Å². The quantitative estimate of drug-likeness (QED) is 0.0768. The molecule has 12 heteroatoms. The number of carbonyl (C=O) groups is 3. The Bertz CT molecular complexity index is 1330. The van der Waals surface area contributed by atoms with Gasteiger partial charge in [0, 0.05) is 38.7 Å². The zero-order valence-electron chi connectivity index (χ0n) is 29.5. The van der Waals surface area contributed by atoms with Crippen molar-refractivity contribution in [1.82, 2.24) is 4.90 Å². The Balaban J connectivity index is 1.74. The van der Waals surface area contributed by atoms with Gasteiger partial charge in [0.25, 0.3) is 8.32 Å². The first-order valence-electron chi connectivity index (χ1n) is 16.9. The molecule has 0 aliphatic carbocycles. The first-order chi connectivity index (χ1) is 23.4. The molecule has 0 N–H and O–H groups in total. The zero-order valence-corrected chi connectivity index (χ0v) is 31.3. The average Bonchev–Trinajstić information content (AvgIpc) is 3.38. The van der Waals surface area contributed by atoms with Crippen LogP contribution >= 0.6 is 11.8 Å². The molecule has 2 aliphatic rings.